The third-order valence-electron chi connectivity index (χ3n) is 7.60. The van der Waals surface area contributed by atoms with E-state index >= 15 is 0 Å². The fourth-order valence-corrected chi connectivity index (χ4v) is 5.33. The summed E-state index contributed by atoms with van der Waals surface area (Å²) in [5.41, 5.74) is 3.97. The number of nitrogens with one attached hydrogen (secondary N) is 3. The quantitative estimate of drug-likeness (QED) is 0.234. The van der Waals surface area contributed by atoms with Crippen molar-refractivity contribution in [3.05, 3.63) is 59.7 Å². The van der Waals surface area contributed by atoms with Crippen molar-refractivity contribution in [1.29, 1.82) is 0 Å². The molecular weight excluding hydrogens is 577 g/mol. The summed E-state index contributed by atoms with van der Waals surface area (Å²) in [5, 5.41) is 15.3. The molecule has 1 aliphatic rings. The molecule has 3 N–H and O–H groups in total. The lowest BCUT2D eigenvalue weighted by molar-refractivity contribution is -0.143. The van der Waals surface area contributed by atoms with Crippen LogP contribution in [0.4, 0.5) is 30.6 Å². The normalized spacial score (nSPS) is 15.7. The minimum Gasteiger partial charge on any atom is -0.472 e. The third-order valence-corrected chi connectivity index (χ3v) is 7.60. The van der Waals surface area contributed by atoms with E-state index in [0.29, 0.717) is 37.0 Å². The van der Waals surface area contributed by atoms with E-state index in [1.54, 1.807) is 10.9 Å². The summed E-state index contributed by atoms with van der Waals surface area (Å²) in [7, 11) is 3.09. The second kappa shape index (κ2) is 11.3. The minimum absolute atomic E-state index is 0.0843. The Labute approximate surface area is 250 Å². The number of carbonyl (C=O) groups excluding carboxylic acids is 1. The maximum Gasteiger partial charge on any atom is 0.433 e. The molecule has 0 bridgehead atoms. The van der Waals surface area contributed by atoms with E-state index in [1.807, 2.05) is 56.3 Å². The van der Waals surface area contributed by atoms with Crippen LogP contribution in [0.15, 0.2) is 42.7 Å². The van der Waals surface area contributed by atoms with Gasteiger partial charge in [0.05, 0.1) is 23.4 Å². The fourth-order valence-electron chi connectivity index (χ4n) is 5.33. The topological polar surface area (TPSA) is 131 Å². The van der Waals surface area contributed by atoms with Crippen LogP contribution in [0.2, 0.25) is 0 Å². The first-order valence-corrected chi connectivity index (χ1v) is 14.0. The molecule has 0 spiro atoms. The monoisotopic (exact) mass is 608 g/mol. The van der Waals surface area contributed by atoms with Crippen LogP contribution in [0, 0.1) is 13.8 Å². The number of aromatic amines is 1. The van der Waals surface area contributed by atoms with Gasteiger partial charge in [0.1, 0.15) is 11.8 Å². The Morgan fingerprint density at radius 2 is 1.98 bits per heavy atom. The van der Waals surface area contributed by atoms with Crippen LogP contribution in [-0.4, -0.2) is 71.1 Å². The van der Waals surface area contributed by atoms with E-state index in [9.17, 15) is 18.0 Å². The molecule has 1 fully saturated rings. The molecule has 0 radical (unpaired) electrons. The Kier molecular flexibility index (Phi) is 7.49. The lowest BCUT2D eigenvalue weighted by Gasteiger charge is -2.16. The zero-order chi connectivity index (χ0) is 31.2. The lowest BCUT2D eigenvalue weighted by Crippen LogP contribution is -2.33. The van der Waals surface area contributed by atoms with Gasteiger partial charge in [0.25, 0.3) is 0 Å². The molecule has 1 aliphatic heterocycles. The van der Waals surface area contributed by atoms with Gasteiger partial charge in [-0.05, 0) is 31.9 Å². The summed E-state index contributed by atoms with van der Waals surface area (Å²) in [6.07, 6.45) is -0.713. The molecule has 1 atom stereocenters. The number of rotatable bonds is 8. The van der Waals surface area contributed by atoms with Crippen molar-refractivity contribution in [3.63, 3.8) is 0 Å². The van der Waals surface area contributed by atoms with Crippen LogP contribution in [0.1, 0.15) is 23.4 Å². The number of amides is 1. The Balaban J connectivity index is 1.12. The first-order valence-electron chi connectivity index (χ1n) is 14.0. The summed E-state index contributed by atoms with van der Waals surface area (Å²) in [6, 6.07) is 8.44. The number of aryl methyl sites for hydroxylation is 4. The van der Waals surface area contributed by atoms with Gasteiger partial charge in [-0.15, -0.1) is 5.10 Å². The standard InChI is InChI=1S/C29H31F3N10O2/c1-16-12-34-28(36-23-10-17(2)40(3)38-23)37-26(16)20-13-33-27-19(20)6-5-7-21(27)35-24(43)15-42-9-8-18(14-42)44-25-11-22(29(30,31)32)41(4)39-25/h5-7,10-13,18,33H,8-9,14-15H2,1-4H3,(H,35,43)(H,34,36,37,38)/t18-/m0/s1. The number of benzene rings is 1. The van der Waals surface area contributed by atoms with Gasteiger partial charge in [-0.3, -0.25) is 19.1 Å². The lowest BCUT2D eigenvalue weighted by atomic mass is 10.1. The van der Waals surface area contributed by atoms with Crippen molar-refractivity contribution >= 4 is 34.3 Å². The van der Waals surface area contributed by atoms with Gasteiger partial charge < -0.3 is 20.4 Å². The van der Waals surface area contributed by atoms with Crippen molar-refractivity contribution in [2.75, 3.05) is 30.3 Å². The molecule has 1 saturated heterocycles. The van der Waals surface area contributed by atoms with Crippen molar-refractivity contribution < 1.29 is 22.7 Å². The van der Waals surface area contributed by atoms with Crippen LogP contribution in [0.3, 0.4) is 0 Å². The molecule has 0 saturated carbocycles. The van der Waals surface area contributed by atoms with Crippen molar-refractivity contribution in [3.8, 4) is 17.1 Å². The fraction of sp³-hybridized carbons (Fsp3) is 0.345. The summed E-state index contributed by atoms with van der Waals surface area (Å²) in [6.45, 7) is 4.96. The average molecular weight is 609 g/mol. The van der Waals surface area contributed by atoms with Gasteiger partial charge in [0.15, 0.2) is 5.82 Å². The Hall–Kier alpha value is -4.92. The number of aromatic nitrogens is 7. The highest BCUT2D eigenvalue weighted by Gasteiger charge is 2.36. The highest BCUT2D eigenvalue weighted by molar-refractivity contribution is 6.06. The predicted octanol–water partition coefficient (Wildman–Crippen LogP) is 4.56. The molecule has 5 heterocycles. The van der Waals surface area contributed by atoms with Crippen LogP contribution in [0.25, 0.3) is 22.2 Å². The van der Waals surface area contributed by atoms with Crippen molar-refractivity contribution in [1.82, 2.24) is 39.4 Å². The number of hydrogen-bond acceptors (Lipinski definition) is 8. The number of H-pyrrole nitrogens is 1. The SMILES string of the molecule is Cc1cnc(Nc2cc(C)n(C)n2)nc1-c1c[nH]c2c(NC(=O)CN3CC[C@H](Oc4cc(C(F)(F)F)n(C)n4)C3)cccc12. The number of fused-ring (bicyclic) bond motifs is 1. The summed E-state index contributed by atoms with van der Waals surface area (Å²) in [4.78, 5) is 27.4. The molecule has 1 aromatic carbocycles. The van der Waals surface area contributed by atoms with Crippen molar-refractivity contribution in [2.45, 2.75) is 32.5 Å². The van der Waals surface area contributed by atoms with E-state index < -0.39 is 11.9 Å². The van der Waals surface area contributed by atoms with E-state index in [2.05, 4.69) is 30.8 Å². The summed E-state index contributed by atoms with van der Waals surface area (Å²) in [5.74, 6) is 0.757. The molecule has 4 aromatic heterocycles. The molecule has 5 aromatic rings. The molecule has 44 heavy (non-hydrogen) atoms. The number of nitrogens with zero attached hydrogens (tertiary/aromatic N) is 7. The first-order chi connectivity index (χ1) is 20.9. The molecule has 0 aliphatic carbocycles. The van der Waals surface area contributed by atoms with Gasteiger partial charge in [-0.2, -0.15) is 18.3 Å². The van der Waals surface area contributed by atoms with Crippen molar-refractivity contribution in [2.24, 2.45) is 14.1 Å². The number of ether oxygens (including phenoxy) is 1. The zero-order valence-electron chi connectivity index (χ0n) is 24.5. The molecule has 0 unspecified atom stereocenters. The molecule has 1 amide bonds. The number of likely N-dealkylation sites (tertiary alicyclic amines) is 1. The number of anilines is 3. The Bertz CT molecular complexity index is 1820. The maximum atomic E-state index is 13.1. The molecule has 6 rings (SSSR count). The first kappa shape index (κ1) is 29.2. The number of carbonyl (C=O) groups is 1. The van der Waals surface area contributed by atoms with E-state index in [0.717, 1.165) is 44.2 Å². The Morgan fingerprint density at radius 3 is 2.70 bits per heavy atom. The Morgan fingerprint density at radius 1 is 1.16 bits per heavy atom. The van der Waals surface area contributed by atoms with Crippen LogP contribution in [0.5, 0.6) is 5.88 Å². The van der Waals surface area contributed by atoms with Gasteiger partial charge in [0, 0.05) is 68.4 Å². The number of para-hydroxylation sites is 1. The second-order valence-corrected chi connectivity index (χ2v) is 10.9. The summed E-state index contributed by atoms with van der Waals surface area (Å²) < 4.78 is 47.5. The van der Waals surface area contributed by atoms with E-state index in [4.69, 9.17) is 9.72 Å². The zero-order valence-corrected chi connectivity index (χ0v) is 24.5. The second-order valence-electron chi connectivity index (χ2n) is 10.9. The molecule has 230 valence electrons. The van der Waals surface area contributed by atoms with E-state index in [1.165, 1.54) is 7.05 Å². The van der Waals surface area contributed by atoms with Gasteiger partial charge in [0.2, 0.25) is 17.7 Å². The molecular formula is C29H31F3N10O2. The van der Waals surface area contributed by atoms with Crippen LogP contribution < -0.4 is 15.4 Å². The maximum absolute atomic E-state index is 13.1. The van der Waals surface area contributed by atoms with E-state index in [-0.39, 0.29) is 24.4 Å². The average Bonchev–Trinajstić information content (AvgIpc) is 3.73. The number of hydrogen-bond donors (Lipinski definition) is 3. The largest absolute Gasteiger partial charge is 0.472 e. The predicted molar refractivity (Wildman–Crippen MR) is 158 cm³/mol. The van der Waals surface area contributed by atoms with Gasteiger partial charge in [-0.1, -0.05) is 12.1 Å². The number of alkyl halides is 3. The molecule has 12 nitrogen and oxygen atoms in total. The minimum atomic E-state index is -4.51. The smallest absolute Gasteiger partial charge is 0.433 e. The highest BCUT2D eigenvalue weighted by atomic mass is 19.4. The van der Waals surface area contributed by atoms with Gasteiger partial charge in [-0.25, -0.2) is 9.97 Å². The number of halogens is 3. The third kappa shape index (κ3) is 5.95. The summed E-state index contributed by atoms with van der Waals surface area (Å²) >= 11 is 0. The highest BCUT2D eigenvalue weighted by Crippen LogP contribution is 2.34. The van der Waals surface area contributed by atoms with Gasteiger partial charge >= 0.3 is 6.18 Å². The van der Waals surface area contributed by atoms with Crippen LogP contribution in [-0.2, 0) is 25.1 Å². The molecule has 15 heteroatoms. The van der Waals surface area contributed by atoms with Crippen LogP contribution >= 0.6 is 0 Å².